The number of hydrogen-bond donors (Lipinski definition) is 1. The van der Waals surface area contributed by atoms with E-state index in [1.165, 1.54) is 30.5 Å². The second-order valence-electron chi connectivity index (χ2n) is 6.65. The highest BCUT2D eigenvalue weighted by Gasteiger charge is 2.19. The van der Waals surface area contributed by atoms with E-state index in [-0.39, 0.29) is 28.8 Å². The highest BCUT2D eigenvalue weighted by Crippen LogP contribution is 2.19. The van der Waals surface area contributed by atoms with E-state index in [0.717, 1.165) is 31.4 Å². The van der Waals surface area contributed by atoms with Gasteiger partial charge in [-0.05, 0) is 56.4 Å². The summed E-state index contributed by atoms with van der Waals surface area (Å²) in [6.07, 6.45) is 7.58. The Morgan fingerprint density at radius 1 is 1.18 bits per heavy atom. The summed E-state index contributed by atoms with van der Waals surface area (Å²) in [7, 11) is -3.61. The molecule has 9 heteroatoms. The minimum absolute atomic E-state index is 0.0105. The number of amides is 1. The number of carbonyl (C=O) groups excluding carboxylic acids is 1. The van der Waals surface area contributed by atoms with E-state index in [9.17, 15) is 17.6 Å². The van der Waals surface area contributed by atoms with Gasteiger partial charge in [0.2, 0.25) is 0 Å². The number of allylic oxidation sites excluding steroid dienone is 1. The predicted octanol–water partition coefficient (Wildman–Crippen LogP) is 2.85. The lowest BCUT2D eigenvalue weighted by Gasteiger charge is -2.12. The van der Waals surface area contributed by atoms with E-state index >= 15 is 0 Å². The Morgan fingerprint density at radius 2 is 1.96 bits per heavy atom. The van der Waals surface area contributed by atoms with Crippen LogP contribution in [0.4, 0.5) is 4.39 Å². The number of carbonyl (C=O) groups is 1. The molecule has 1 amide bonds. The zero-order valence-corrected chi connectivity index (χ0v) is 16.2. The fraction of sp³-hybridized carbons (Fsp3) is 0.421. The Bertz CT molecular complexity index is 952. The van der Waals surface area contributed by atoms with Gasteiger partial charge in [0.1, 0.15) is 5.82 Å². The van der Waals surface area contributed by atoms with Crippen molar-refractivity contribution < 1.29 is 22.1 Å². The van der Waals surface area contributed by atoms with Crippen LogP contribution >= 0.6 is 0 Å². The number of nitrogens with one attached hydrogen (secondary N) is 1. The van der Waals surface area contributed by atoms with Gasteiger partial charge in [-0.3, -0.25) is 4.79 Å². The molecule has 0 aliphatic heterocycles. The summed E-state index contributed by atoms with van der Waals surface area (Å²) in [6, 6.07) is 4.60. The molecule has 150 valence electrons. The van der Waals surface area contributed by atoms with Gasteiger partial charge < -0.3 is 9.84 Å². The Morgan fingerprint density at radius 3 is 2.68 bits per heavy atom. The topological polar surface area (TPSA) is 102 Å². The molecule has 1 aliphatic rings. The zero-order valence-electron chi connectivity index (χ0n) is 15.4. The van der Waals surface area contributed by atoms with Crippen LogP contribution in [0.25, 0.3) is 0 Å². The molecule has 7 nitrogen and oxygen atoms in total. The van der Waals surface area contributed by atoms with Crippen molar-refractivity contribution >= 4 is 15.7 Å². The predicted molar refractivity (Wildman–Crippen MR) is 100.0 cm³/mol. The number of halogens is 1. The van der Waals surface area contributed by atoms with Crippen LogP contribution in [0.15, 0.2) is 45.3 Å². The summed E-state index contributed by atoms with van der Waals surface area (Å²) in [5.74, 6) is -1.31. The number of sulfone groups is 1. The van der Waals surface area contributed by atoms with Crippen LogP contribution < -0.4 is 5.32 Å². The fourth-order valence-corrected chi connectivity index (χ4v) is 4.21. The third-order valence-corrected chi connectivity index (χ3v) is 6.28. The van der Waals surface area contributed by atoms with E-state index < -0.39 is 21.6 Å². The van der Waals surface area contributed by atoms with Gasteiger partial charge in [0.15, 0.2) is 15.7 Å². The van der Waals surface area contributed by atoms with Gasteiger partial charge in [-0.2, -0.15) is 4.98 Å². The van der Waals surface area contributed by atoms with Crippen molar-refractivity contribution in [1.82, 2.24) is 15.5 Å². The maximum Gasteiger partial charge on any atom is 0.315 e. The van der Waals surface area contributed by atoms with E-state index in [1.807, 2.05) is 0 Å². The van der Waals surface area contributed by atoms with E-state index in [2.05, 4.69) is 21.5 Å². The maximum atomic E-state index is 12.9. The van der Waals surface area contributed by atoms with Gasteiger partial charge in [0.05, 0.1) is 10.6 Å². The molecule has 0 saturated carbocycles. The molecule has 0 spiro atoms. The molecule has 0 unspecified atom stereocenters. The number of benzene rings is 1. The first-order valence-corrected chi connectivity index (χ1v) is 10.9. The molecule has 2 aromatic rings. The molecule has 0 fully saturated rings. The van der Waals surface area contributed by atoms with Crippen molar-refractivity contribution in [3.63, 3.8) is 0 Å². The lowest BCUT2D eigenvalue weighted by atomic mass is 9.97. The SMILES string of the molecule is O=C(NCCC1=CCCCC1)c1nc(CCS(=O)(=O)c2ccc(F)cc2)no1. The Kier molecular flexibility index (Phi) is 6.56. The summed E-state index contributed by atoms with van der Waals surface area (Å²) < 4.78 is 42.4. The van der Waals surface area contributed by atoms with E-state index in [4.69, 9.17) is 4.52 Å². The van der Waals surface area contributed by atoms with Gasteiger partial charge in [-0.25, -0.2) is 12.8 Å². The second-order valence-corrected chi connectivity index (χ2v) is 8.76. The molecule has 1 aromatic heterocycles. The van der Waals surface area contributed by atoms with Crippen LogP contribution in [-0.4, -0.2) is 36.8 Å². The molecular formula is C19H22FN3O4S. The Hall–Kier alpha value is -2.55. The van der Waals surface area contributed by atoms with Crippen LogP contribution in [0.3, 0.4) is 0 Å². The Labute approximate surface area is 162 Å². The fourth-order valence-electron chi connectivity index (χ4n) is 2.98. The normalized spacial score (nSPS) is 14.5. The van der Waals surface area contributed by atoms with Crippen LogP contribution in [0.5, 0.6) is 0 Å². The average molecular weight is 407 g/mol. The molecule has 0 atom stereocenters. The first-order chi connectivity index (χ1) is 13.4. The molecule has 1 N–H and O–H groups in total. The highest BCUT2D eigenvalue weighted by molar-refractivity contribution is 7.91. The molecule has 3 rings (SSSR count). The van der Waals surface area contributed by atoms with Crippen LogP contribution in [-0.2, 0) is 16.3 Å². The number of hydrogen-bond acceptors (Lipinski definition) is 6. The van der Waals surface area contributed by atoms with Gasteiger partial charge in [0.25, 0.3) is 0 Å². The Balaban J connectivity index is 1.49. The number of aryl methyl sites for hydroxylation is 1. The number of aromatic nitrogens is 2. The van der Waals surface area contributed by atoms with Gasteiger partial charge in [0, 0.05) is 13.0 Å². The number of nitrogens with zero attached hydrogens (tertiary/aromatic N) is 2. The second kappa shape index (κ2) is 9.09. The average Bonchev–Trinajstić information content (AvgIpc) is 3.17. The van der Waals surface area contributed by atoms with Gasteiger partial charge >= 0.3 is 11.8 Å². The first kappa shape index (κ1) is 20.2. The zero-order chi connectivity index (χ0) is 20.0. The number of rotatable bonds is 8. The quantitative estimate of drug-likeness (QED) is 0.533. The van der Waals surface area contributed by atoms with Gasteiger partial charge in [-0.15, -0.1) is 0 Å². The summed E-state index contributed by atoms with van der Waals surface area (Å²) in [4.78, 5) is 16.1. The van der Waals surface area contributed by atoms with Crippen molar-refractivity contribution in [1.29, 1.82) is 0 Å². The molecule has 1 aliphatic carbocycles. The van der Waals surface area contributed by atoms with E-state index in [0.29, 0.717) is 6.54 Å². The minimum Gasteiger partial charge on any atom is -0.348 e. The van der Waals surface area contributed by atoms with Gasteiger partial charge in [-0.1, -0.05) is 16.8 Å². The third kappa shape index (κ3) is 5.48. The molecule has 0 bridgehead atoms. The van der Waals surface area contributed by atoms with Crippen molar-refractivity contribution in [2.24, 2.45) is 0 Å². The summed E-state index contributed by atoms with van der Waals surface area (Å²) >= 11 is 0. The minimum atomic E-state index is -3.61. The molecule has 28 heavy (non-hydrogen) atoms. The lowest BCUT2D eigenvalue weighted by Crippen LogP contribution is -2.25. The summed E-state index contributed by atoms with van der Waals surface area (Å²) in [5.41, 5.74) is 1.35. The van der Waals surface area contributed by atoms with Crippen molar-refractivity contribution in [3.05, 3.63) is 53.4 Å². The molecule has 1 heterocycles. The maximum absolute atomic E-state index is 12.9. The van der Waals surface area contributed by atoms with Crippen molar-refractivity contribution in [2.45, 2.75) is 43.4 Å². The molecule has 0 radical (unpaired) electrons. The summed E-state index contributed by atoms with van der Waals surface area (Å²) in [5, 5.41) is 6.40. The molecule has 1 aromatic carbocycles. The van der Waals surface area contributed by atoms with Crippen LogP contribution in [0.2, 0.25) is 0 Å². The first-order valence-electron chi connectivity index (χ1n) is 9.21. The van der Waals surface area contributed by atoms with E-state index in [1.54, 1.807) is 0 Å². The standard InChI is InChI=1S/C19H22FN3O4S/c20-15-6-8-16(9-7-15)28(25,26)13-11-17-22-19(27-23-17)18(24)21-12-10-14-4-2-1-3-5-14/h4,6-9H,1-3,5,10-13H2,(H,21,24). The summed E-state index contributed by atoms with van der Waals surface area (Å²) in [6.45, 7) is 0.487. The smallest absolute Gasteiger partial charge is 0.315 e. The monoisotopic (exact) mass is 407 g/mol. The van der Waals surface area contributed by atoms with Crippen molar-refractivity contribution in [2.75, 3.05) is 12.3 Å². The largest absolute Gasteiger partial charge is 0.348 e. The van der Waals surface area contributed by atoms with Crippen LogP contribution in [0, 0.1) is 5.82 Å². The molecule has 0 saturated heterocycles. The third-order valence-electron chi connectivity index (χ3n) is 4.55. The van der Waals surface area contributed by atoms with Crippen molar-refractivity contribution in [3.8, 4) is 0 Å². The molecular weight excluding hydrogens is 385 g/mol. The highest BCUT2D eigenvalue weighted by atomic mass is 32.2. The van der Waals surface area contributed by atoms with Crippen LogP contribution in [0.1, 0.15) is 48.6 Å². The lowest BCUT2D eigenvalue weighted by molar-refractivity contribution is 0.0910.